The maximum Gasteiger partial charge on any atom is 0.508 e. The van der Waals surface area contributed by atoms with Gasteiger partial charge in [0.1, 0.15) is 11.6 Å². The Kier molecular flexibility index (Phi) is 11.8. The zero-order valence-electron chi connectivity index (χ0n) is 25.6. The Morgan fingerprint density at radius 2 is 1.38 bits per heavy atom. The lowest BCUT2D eigenvalue weighted by Gasteiger charge is -2.28. The minimum atomic E-state index is -1.84. The van der Waals surface area contributed by atoms with Gasteiger partial charge in [-0.1, -0.05) is 40.7 Å². The van der Waals surface area contributed by atoms with Gasteiger partial charge in [-0.15, -0.1) is 0 Å². The van der Waals surface area contributed by atoms with Crippen LogP contribution < -0.4 is 15.2 Å². The van der Waals surface area contributed by atoms with Crippen molar-refractivity contribution in [1.82, 2.24) is 0 Å². The standard InChI is InChI=1S/C30H47NO9/c1-11-28(7,8)24(34)39-21-14-13-20(15-22(21)40-25(35)29(9,10)12-2)17-30(31,23(32)33)16-19(3)38-26(36)37-18-27(4,5)6/h13-15,19H,11-12,16-18,31H2,1-10H3,(H,32,33)/t19-,30?/m0/s1. The molecule has 0 heterocycles. The summed E-state index contributed by atoms with van der Waals surface area (Å²) in [6.07, 6.45) is -1.16. The van der Waals surface area contributed by atoms with Gasteiger partial charge >= 0.3 is 24.1 Å². The molecule has 226 valence electrons. The first-order valence-corrected chi connectivity index (χ1v) is 13.6. The molecule has 0 aliphatic carbocycles. The van der Waals surface area contributed by atoms with E-state index in [1.807, 2.05) is 34.6 Å². The first-order valence-electron chi connectivity index (χ1n) is 13.6. The molecule has 1 unspecified atom stereocenters. The van der Waals surface area contributed by atoms with E-state index in [-0.39, 0.29) is 36.4 Å². The van der Waals surface area contributed by atoms with Crippen molar-refractivity contribution in [3.05, 3.63) is 23.8 Å². The molecule has 1 aromatic rings. The van der Waals surface area contributed by atoms with Crippen molar-refractivity contribution < 1.29 is 43.2 Å². The molecule has 0 amide bonds. The molecule has 0 saturated carbocycles. The average molecular weight is 566 g/mol. The summed E-state index contributed by atoms with van der Waals surface area (Å²) in [6, 6.07) is 4.45. The van der Waals surface area contributed by atoms with E-state index in [0.29, 0.717) is 18.4 Å². The average Bonchev–Trinajstić information content (AvgIpc) is 2.83. The molecule has 0 aliphatic heterocycles. The lowest BCUT2D eigenvalue weighted by Crippen LogP contribution is -2.52. The largest absolute Gasteiger partial charge is 0.508 e. The number of aliphatic carboxylic acids is 1. The Bertz CT molecular complexity index is 1070. The molecule has 1 aromatic carbocycles. The van der Waals surface area contributed by atoms with Crippen LogP contribution in [0.5, 0.6) is 11.5 Å². The highest BCUT2D eigenvalue weighted by Crippen LogP contribution is 2.35. The Hall–Kier alpha value is -3.14. The molecule has 0 bridgehead atoms. The van der Waals surface area contributed by atoms with E-state index in [0.717, 1.165) is 0 Å². The zero-order chi connectivity index (χ0) is 31.1. The molecule has 10 nitrogen and oxygen atoms in total. The maximum atomic E-state index is 12.9. The third-order valence-electron chi connectivity index (χ3n) is 6.80. The van der Waals surface area contributed by atoms with Crippen molar-refractivity contribution in [2.45, 2.75) is 107 Å². The first-order chi connectivity index (χ1) is 18.2. The summed E-state index contributed by atoms with van der Waals surface area (Å²) in [5.74, 6) is -2.33. The SMILES string of the molecule is CCC(C)(C)C(=O)Oc1ccc(CC(N)(C[C@H](C)OC(=O)OCC(C)(C)C)C(=O)O)cc1OC(=O)C(C)(C)CC. The van der Waals surface area contributed by atoms with E-state index >= 15 is 0 Å². The number of carboxylic acids is 1. The van der Waals surface area contributed by atoms with Crippen LogP contribution in [-0.2, 0) is 30.3 Å². The van der Waals surface area contributed by atoms with Crippen molar-refractivity contribution in [3.63, 3.8) is 0 Å². The topological polar surface area (TPSA) is 151 Å². The number of hydrogen-bond acceptors (Lipinski definition) is 9. The highest BCUT2D eigenvalue weighted by Gasteiger charge is 2.38. The second kappa shape index (κ2) is 13.5. The summed E-state index contributed by atoms with van der Waals surface area (Å²) >= 11 is 0. The fourth-order valence-electron chi connectivity index (χ4n) is 3.22. The first kappa shape index (κ1) is 34.9. The van der Waals surface area contributed by atoms with Crippen LogP contribution in [0.2, 0.25) is 0 Å². The number of esters is 2. The van der Waals surface area contributed by atoms with Gasteiger partial charge < -0.3 is 29.8 Å². The zero-order valence-corrected chi connectivity index (χ0v) is 25.6. The van der Waals surface area contributed by atoms with Gasteiger partial charge in [-0.05, 0) is 70.6 Å². The Morgan fingerprint density at radius 3 is 1.82 bits per heavy atom. The van der Waals surface area contributed by atoms with Crippen molar-refractivity contribution in [2.24, 2.45) is 22.0 Å². The molecule has 10 heteroatoms. The molecule has 0 spiro atoms. The van der Waals surface area contributed by atoms with Gasteiger partial charge in [-0.25, -0.2) is 4.79 Å². The van der Waals surface area contributed by atoms with E-state index in [9.17, 15) is 24.3 Å². The fraction of sp³-hybridized carbons (Fsp3) is 0.667. The number of carbonyl (C=O) groups excluding carboxylic acids is 3. The molecule has 0 aliphatic rings. The van der Waals surface area contributed by atoms with Crippen LogP contribution in [0.4, 0.5) is 4.79 Å². The quantitative estimate of drug-likeness (QED) is 0.226. The molecule has 3 N–H and O–H groups in total. The molecule has 40 heavy (non-hydrogen) atoms. The van der Waals surface area contributed by atoms with Gasteiger partial charge in [0.2, 0.25) is 0 Å². The Labute approximate surface area is 237 Å². The van der Waals surface area contributed by atoms with Crippen LogP contribution in [0, 0.1) is 16.2 Å². The van der Waals surface area contributed by atoms with E-state index in [1.54, 1.807) is 33.8 Å². The molecular formula is C30H47NO9. The molecule has 2 atom stereocenters. The predicted molar refractivity (Wildman–Crippen MR) is 150 cm³/mol. The highest BCUT2D eigenvalue weighted by molar-refractivity contribution is 5.82. The summed E-state index contributed by atoms with van der Waals surface area (Å²) in [5.41, 5.74) is 3.03. The van der Waals surface area contributed by atoms with Crippen LogP contribution in [-0.4, -0.2) is 47.4 Å². The van der Waals surface area contributed by atoms with Crippen molar-refractivity contribution >= 4 is 24.1 Å². The van der Waals surface area contributed by atoms with Crippen molar-refractivity contribution in [2.75, 3.05) is 6.61 Å². The summed E-state index contributed by atoms with van der Waals surface area (Å²) in [6.45, 7) is 18.0. The van der Waals surface area contributed by atoms with Crippen LogP contribution in [0.3, 0.4) is 0 Å². The monoisotopic (exact) mass is 565 g/mol. The van der Waals surface area contributed by atoms with Gasteiger partial charge in [-0.2, -0.15) is 0 Å². The lowest BCUT2D eigenvalue weighted by molar-refractivity contribution is -0.147. The molecule has 1 rings (SSSR count). The van der Waals surface area contributed by atoms with E-state index < -0.39 is 46.5 Å². The number of benzene rings is 1. The van der Waals surface area contributed by atoms with Crippen molar-refractivity contribution in [1.29, 1.82) is 0 Å². The van der Waals surface area contributed by atoms with Crippen LogP contribution >= 0.6 is 0 Å². The maximum absolute atomic E-state index is 12.9. The Balaban J connectivity index is 3.27. The number of rotatable bonds is 13. The highest BCUT2D eigenvalue weighted by atomic mass is 16.7. The fourth-order valence-corrected chi connectivity index (χ4v) is 3.22. The summed E-state index contributed by atoms with van der Waals surface area (Å²) < 4.78 is 21.6. The van der Waals surface area contributed by atoms with Gasteiger partial charge in [0, 0.05) is 12.8 Å². The van der Waals surface area contributed by atoms with Gasteiger partial charge in [-0.3, -0.25) is 14.4 Å². The summed E-state index contributed by atoms with van der Waals surface area (Å²) in [7, 11) is 0. The third kappa shape index (κ3) is 10.4. The van der Waals surface area contributed by atoms with E-state index in [1.165, 1.54) is 19.1 Å². The van der Waals surface area contributed by atoms with Crippen molar-refractivity contribution in [3.8, 4) is 11.5 Å². The molecule has 0 fully saturated rings. The number of ether oxygens (including phenoxy) is 4. The molecule has 0 saturated heterocycles. The van der Waals surface area contributed by atoms with Crippen LogP contribution in [0.1, 0.15) is 94.1 Å². The minimum Gasteiger partial charge on any atom is -0.480 e. The summed E-state index contributed by atoms with van der Waals surface area (Å²) in [4.78, 5) is 49.9. The predicted octanol–water partition coefficient (Wildman–Crippen LogP) is 5.67. The molecule has 0 aromatic heterocycles. The number of carbonyl (C=O) groups is 4. The van der Waals surface area contributed by atoms with Gasteiger partial charge in [0.25, 0.3) is 0 Å². The second-order valence-corrected chi connectivity index (χ2v) is 12.9. The second-order valence-electron chi connectivity index (χ2n) is 12.9. The number of hydrogen-bond donors (Lipinski definition) is 2. The van der Waals surface area contributed by atoms with E-state index in [4.69, 9.17) is 24.7 Å². The van der Waals surface area contributed by atoms with Crippen LogP contribution in [0.15, 0.2) is 18.2 Å². The lowest BCUT2D eigenvalue weighted by atomic mass is 9.86. The normalized spacial score (nSPS) is 14.5. The molecular weight excluding hydrogens is 518 g/mol. The number of carboxylic acid groups (broad SMARTS) is 1. The Morgan fingerprint density at radius 1 is 0.875 bits per heavy atom. The van der Waals surface area contributed by atoms with Crippen LogP contribution in [0.25, 0.3) is 0 Å². The third-order valence-corrected chi connectivity index (χ3v) is 6.80. The summed E-state index contributed by atoms with van der Waals surface area (Å²) in [5, 5.41) is 9.98. The van der Waals surface area contributed by atoms with Gasteiger partial charge in [0.15, 0.2) is 11.5 Å². The minimum absolute atomic E-state index is 0.0212. The number of nitrogens with two attached hydrogens (primary N) is 1. The smallest absolute Gasteiger partial charge is 0.480 e. The molecule has 0 radical (unpaired) electrons. The van der Waals surface area contributed by atoms with E-state index in [2.05, 4.69) is 0 Å². The van der Waals surface area contributed by atoms with Gasteiger partial charge in [0.05, 0.1) is 17.4 Å².